The Balaban J connectivity index is 1.15. The van der Waals surface area contributed by atoms with Crippen molar-refractivity contribution in [1.29, 1.82) is 0 Å². The molecule has 0 unspecified atom stereocenters. The van der Waals surface area contributed by atoms with Crippen LogP contribution in [0, 0.1) is 0 Å². The molecule has 7 rings (SSSR count). The van der Waals surface area contributed by atoms with Crippen molar-refractivity contribution in [2.24, 2.45) is 4.99 Å². The third kappa shape index (κ3) is 6.90. The summed E-state index contributed by atoms with van der Waals surface area (Å²) < 4.78 is 7.02. The minimum atomic E-state index is -1.00. The van der Waals surface area contributed by atoms with Gasteiger partial charge in [0.1, 0.15) is 23.1 Å². The molecule has 4 N–H and O–H groups in total. The van der Waals surface area contributed by atoms with Gasteiger partial charge in [-0.05, 0) is 36.6 Å². The van der Waals surface area contributed by atoms with Crippen molar-refractivity contribution in [3.8, 4) is 39.4 Å². The lowest BCUT2D eigenvalue weighted by molar-refractivity contribution is -0.139. The van der Waals surface area contributed by atoms with Gasteiger partial charge in [0, 0.05) is 72.3 Å². The minimum Gasteiger partial charge on any atom is -0.481 e. The van der Waals surface area contributed by atoms with Gasteiger partial charge in [-0.15, -0.1) is 0 Å². The molecule has 12 nitrogen and oxygen atoms in total. The number of amidine groups is 1. The summed E-state index contributed by atoms with van der Waals surface area (Å²) in [7, 11) is 1.58. The van der Waals surface area contributed by atoms with E-state index in [4.69, 9.17) is 32.9 Å². The Morgan fingerprint density at radius 3 is 2.45 bits per heavy atom. The maximum absolute atomic E-state index is 13.4. The number of amides is 1. The third-order valence-electron chi connectivity index (χ3n) is 9.06. The van der Waals surface area contributed by atoms with Gasteiger partial charge in [0.2, 0.25) is 11.8 Å². The zero-order valence-corrected chi connectivity index (χ0v) is 29.0. The number of hydrogen-bond acceptors (Lipinski definition) is 9. The zero-order chi connectivity index (χ0) is 35.6. The first kappa shape index (κ1) is 34.2. The predicted octanol–water partition coefficient (Wildman–Crippen LogP) is 4.97. The summed E-state index contributed by atoms with van der Waals surface area (Å²) in [4.78, 5) is 50.0. The number of ether oxygens (including phenoxy) is 1. The SMILES string of the molecule is COc1nc(-c2cccc(-c3cccc(-c4ccn5c(=O)c(C6=NCC[C@H](C(=O)O)N6)cnc5c4)c3Cl)c2Cl)ccc1CNC[C@@H]1CCC(=O)N1. The molecular weight excluding hydrogens is 693 g/mol. The molecule has 0 aliphatic carbocycles. The second-order valence-corrected chi connectivity index (χ2v) is 13.1. The van der Waals surface area contributed by atoms with Crippen LogP contribution < -0.4 is 26.2 Å². The topological polar surface area (TPSA) is 159 Å². The fourth-order valence-electron chi connectivity index (χ4n) is 6.38. The Labute approximate surface area is 302 Å². The van der Waals surface area contributed by atoms with E-state index < -0.39 is 12.0 Å². The largest absolute Gasteiger partial charge is 0.481 e. The number of halogens is 2. The number of pyridine rings is 2. The summed E-state index contributed by atoms with van der Waals surface area (Å²) in [5, 5.41) is 19.5. The minimum absolute atomic E-state index is 0.0833. The lowest BCUT2D eigenvalue weighted by Crippen LogP contribution is -2.46. The van der Waals surface area contributed by atoms with E-state index in [0.29, 0.717) is 82.0 Å². The Morgan fingerprint density at radius 1 is 0.980 bits per heavy atom. The van der Waals surface area contributed by atoms with Gasteiger partial charge in [-0.3, -0.25) is 19.0 Å². The van der Waals surface area contributed by atoms with Gasteiger partial charge in [-0.25, -0.2) is 14.8 Å². The lowest BCUT2D eigenvalue weighted by Gasteiger charge is -2.21. The first-order valence-electron chi connectivity index (χ1n) is 16.4. The monoisotopic (exact) mass is 725 g/mol. The maximum atomic E-state index is 13.4. The quantitative estimate of drug-likeness (QED) is 0.156. The highest BCUT2D eigenvalue weighted by Crippen LogP contribution is 2.42. The van der Waals surface area contributed by atoms with Crippen molar-refractivity contribution in [2.75, 3.05) is 20.2 Å². The summed E-state index contributed by atoms with van der Waals surface area (Å²) in [5.41, 5.74) is 5.30. The Kier molecular flexibility index (Phi) is 9.72. The maximum Gasteiger partial charge on any atom is 0.326 e. The van der Waals surface area contributed by atoms with E-state index in [-0.39, 0.29) is 28.9 Å². The lowest BCUT2D eigenvalue weighted by atomic mass is 9.97. The van der Waals surface area contributed by atoms with Crippen LogP contribution in [0.2, 0.25) is 10.0 Å². The molecule has 260 valence electrons. The highest BCUT2D eigenvalue weighted by molar-refractivity contribution is 6.39. The van der Waals surface area contributed by atoms with Crippen LogP contribution in [0.4, 0.5) is 0 Å². The molecule has 0 radical (unpaired) electrons. The predicted molar refractivity (Wildman–Crippen MR) is 196 cm³/mol. The molecule has 2 atom stereocenters. The Hall–Kier alpha value is -5.30. The molecule has 1 saturated heterocycles. The number of carbonyl (C=O) groups excluding carboxylic acids is 1. The number of carboxylic acid groups (broad SMARTS) is 1. The third-order valence-corrected chi connectivity index (χ3v) is 9.87. The normalized spacial score (nSPS) is 17.2. The molecule has 5 heterocycles. The molecule has 14 heteroatoms. The van der Waals surface area contributed by atoms with E-state index in [1.54, 1.807) is 25.4 Å². The Bertz CT molecular complexity index is 2270. The van der Waals surface area contributed by atoms with E-state index in [2.05, 4.69) is 25.9 Å². The van der Waals surface area contributed by atoms with Crippen LogP contribution in [0.1, 0.15) is 30.4 Å². The molecule has 0 saturated carbocycles. The molecule has 1 amide bonds. The number of aliphatic imine (C=N–C) groups is 1. The highest BCUT2D eigenvalue weighted by atomic mass is 35.5. The van der Waals surface area contributed by atoms with Crippen molar-refractivity contribution in [1.82, 2.24) is 30.3 Å². The van der Waals surface area contributed by atoms with E-state index >= 15 is 0 Å². The van der Waals surface area contributed by atoms with Gasteiger partial charge in [0.15, 0.2) is 0 Å². The molecule has 1 fully saturated rings. The zero-order valence-electron chi connectivity index (χ0n) is 27.5. The van der Waals surface area contributed by atoms with E-state index in [9.17, 15) is 19.5 Å². The first-order chi connectivity index (χ1) is 24.7. The number of hydrogen-bond donors (Lipinski definition) is 4. The number of fused-ring (bicyclic) bond motifs is 1. The molecule has 2 aliphatic rings. The Morgan fingerprint density at radius 2 is 1.73 bits per heavy atom. The van der Waals surface area contributed by atoms with E-state index in [1.165, 1.54) is 10.6 Å². The number of benzene rings is 2. The number of nitrogens with zero attached hydrogens (tertiary/aromatic N) is 4. The number of carbonyl (C=O) groups is 2. The molecule has 2 aromatic carbocycles. The summed E-state index contributed by atoms with van der Waals surface area (Å²) in [5.74, 6) is -0.231. The molecule has 3 aromatic heterocycles. The number of carboxylic acids is 1. The molecule has 0 spiro atoms. The van der Waals surface area contributed by atoms with E-state index in [1.807, 2.05) is 48.5 Å². The van der Waals surface area contributed by atoms with Gasteiger partial charge in [0.05, 0.1) is 22.8 Å². The number of aliphatic carboxylic acids is 1. The van der Waals surface area contributed by atoms with Crippen molar-refractivity contribution in [3.05, 3.63) is 105 Å². The number of aromatic nitrogens is 3. The van der Waals surface area contributed by atoms with Crippen LogP contribution in [-0.2, 0) is 16.1 Å². The number of methoxy groups -OCH3 is 1. The summed E-state index contributed by atoms with van der Waals surface area (Å²) in [6.07, 6.45) is 4.73. The number of nitrogens with one attached hydrogen (secondary N) is 3. The fourth-order valence-corrected chi connectivity index (χ4v) is 7.05. The molecule has 51 heavy (non-hydrogen) atoms. The number of rotatable bonds is 10. The standard InChI is InChI=1S/C37H33Cl2N7O5/c1-51-35-21(17-40-18-22-9-11-31(47)43-22)8-10-28(45-35)26-7-3-6-25(33(26)39)24-5-2-4-23(32(24)38)20-13-15-46-30(16-20)42-19-27(36(46)48)34-41-14-12-29(44-34)37(49)50/h2-8,10,13,15-16,19,22,29,40H,9,11-12,14,17-18H2,1H3,(H,41,44)(H,43,47)(H,49,50)/t22-,29+/m0/s1. The molecule has 0 bridgehead atoms. The highest BCUT2D eigenvalue weighted by Gasteiger charge is 2.25. The second-order valence-electron chi connectivity index (χ2n) is 12.3. The molecule has 5 aromatic rings. The van der Waals surface area contributed by atoms with Gasteiger partial charge in [0.25, 0.3) is 5.56 Å². The average Bonchev–Trinajstić information content (AvgIpc) is 3.56. The van der Waals surface area contributed by atoms with Gasteiger partial charge >= 0.3 is 5.97 Å². The molecular formula is C37H33Cl2N7O5. The van der Waals surface area contributed by atoms with Gasteiger partial charge < -0.3 is 25.8 Å². The van der Waals surface area contributed by atoms with Gasteiger partial charge in [-0.2, -0.15) is 0 Å². The van der Waals surface area contributed by atoms with Crippen molar-refractivity contribution >= 4 is 46.6 Å². The van der Waals surface area contributed by atoms with Crippen LogP contribution in [0.15, 0.2) is 82.8 Å². The van der Waals surface area contributed by atoms with Gasteiger partial charge in [-0.1, -0.05) is 65.7 Å². The van der Waals surface area contributed by atoms with Crippen LogP contribution in [0.5, 0.6) is 5.88 Å². The summed E-state index contributed by atoms with van der Waals surface area (Å²) in [6.45, 7) is 1.48. The van der Waals surface area contributed by atoms with Crippen LogP contribution in [0.3, 0.4) is 0 Å². The summed E-state index contributed by atoms with van der Waals surface area (Å²) in [6, 6.07) is 18.0. The van der Waals surface area contributed by atoms with E-state index in [0.717, 1.165) is 17.5 Å². The molecule has 2 aliphatic heterocycles. The average molecular weight is 727 g/mol. The van der Waals surface area contributed by atoms with Crippen molar-refractivity contribution in [2.45, 2.75) is 37.9 Å². The second kappa shape index (κ2) is 14.5. The fraction of sp³-hybridized carbons (Fsp3) is 0.243. The van der Waals surface area contributed by atoms with Crippen LogP contribution in [-0.4, -0.2) is 69.5 Å². The summed E-state index contributed by atoms with van der Waals surface area (Å²) >= 11 is 14.2. The van der Waals surface area contributed by atoms with Crippen LogP contribution >= 0.6 is 23.2 Å². The first-order valence-corrected chi connectivity index (χ1v) is 17.1. The smallest absolute Gasteiger partial charge is 0.326 e. The van der Waals surface area contributed by atoms with Crippen LogP contribution in [0.25, 0.3) is 39.2 Å². The van der Waals surface area contributed by atoms with Crippen molar-refractivity contribution in [3.63, 3.8) is 0 Å². The van der Waals surface area contributed by atoms with Crippen molar-refractivity contribution < 1.29 is 19.4 Å².